The molecule has 1 rings (SSSR count). The molecule has 1 aromatic carbocycles. The molecule has 0 spiro atoms. The van der Waals surface area contributed by atoms with Crippen molar-refractivity contribution < 1.29 is 4.79 Å². The molecule has 2 atom stereocenters. The molecule has 0 aliphatic carbocycles. The summed E-state index contributed by atoms with van der Waals surface area (Å²) < 4.78 is 0. The van der Waals surface area contributed by atoms with Crippen LogP contribution in [0.2, 0.25) is 0 Å². The highest BCUT2D eigenvalue weighted by Crippen LogP contribution is 2.08. The zero-order valence-corrected chi connectivity index (χ0v) is 10.4. The lowest BCUT2D eigenvalue weighted by Crippen LogP contribution is -2.38. The molecule has 0 aromatic heterocycles. The first-order valence-electron chi connectivity index (χ1n) is 5.88. The number of carbonyl (C=O) groups is 1. The largest absolute Gasteiger partial charge is 0.354 e. The maximum absolute atomic E-state index is 11.7. The summed E-state index contributed by atoms with van der Waals surface area (Å²) in [5.41, 5.74) is 7.02. The lowest BCUT2D eigenvalue weighted by molar-refractivity contribution is -0.124. The summed E-state index contributed by atoms with van der Waals surface area (Å²) in [6.45, 7) is 3.03. The standard InChI is InChI=1S/C13H21N3O/c1-10(8-15-2)13(17)16-9-12(14)11-6-4-3-5-7-11/h3-7,10,12,15H,8-9,14H2,1-2H3,(H,16,17). The molecule has 0 heterocycles. The van der Waals surface area contributed by atoms with Gasteiger partial charge in [0, 0.05) is 25.0 Å². The van der Waals surface area contributed by atoms with Gasteiger partial charge in [0.05, 0.1) is 0 Å². The van der Waals surface area contributed by atoms with E-state index in [-0.39, 0.29) is 17.9 Å². The Hall–Kier alpha value is -1.39. The van der Waals surface area contributed by atoms with Gasteiger partial charge in [0.25, 0.3) is 0 Å². The van der Waals surface area contributed by atoms with Crippen LogP contribution in [-0.2, 0) is 4.79 Å². The quantitative estimate of drug-likeness (QED) is 0.678. The highest BCUT2D eigenvalue weighted by Gasteiger charge is 2.13. The van der Waals surface area contributed by atoms with Crippen LogP contribution in [-0.4, -0.2) is 26.0 Å². The lowest BCUT2D eigenvalue weighted by atomic mass is 10.1. The fraction of sp³-hybridized carbons (Fsp3) is 0.462. The molecule has 0 saturated heterocycles. The summed E-state index contributed by atoms with van der Waals surface area (Å²) in [6.07, 6.45) is 0. The topological polar surface area (TPSA) is 67.2 Å². The molecule has 0 saturated carbocycles. The van der Waals surface area contributed by atoms with Gasteiger partial charge in [0.15, 0.2) is 0 Å². The van der Waals surface area contributed by atoms with Crippen molar-refractivity contribution in [3.8, 4) is 0 Å². The Morgan fingerprint density at radius 1 is 1.29 bits per heavy atom. The van der Waals surface area contributed by atoms with E-state index in [1.807, 2.05) is 44.3 Å². The van der Waals surface area contributed by atoms with Crippen LogP contribution in [0.4, 0.5) is 0 Å². The van der Waals surface area contributed by atoms with Crippen molar-refractivity contribution in [2.45, 2.75) is 13.0 Å². The van der Waals surface area contributed by atoms with Crippen molar-refractivity contribution in [1.82, 2.24) is 10.6 Å². The van der Waals surface area contributed by atoms with Gasteiger partial charge in [-0.3, -0.25) is 4.79 Å². The normalized spacial score (nSPS) is 14.1. The second kappa shape index (κ2) is 7.04. The molecule has 1 amide bonds. The molecule has 1 aromatic rings. The highest BCUT2D eigenvalue weighted by atomic mass is 16.1. The van der Waals surface area contributed by atoms with E-state index in [0.29, 0.717) is 13.1 Å². The van der Waals surface area contributed by atoms with Gasteiger partial charge in [-0.2, -0.15) is 0 Å². The van der Waals surface area contributed by atoms with Gasteiger partial charge >= 0.3 is 0 Å². The number of hydrogen-bond acceptors (Lipinski definition) is 3. The number of nitrogens with one attached hydrogen (secondary N) is 2. The molecule has 4 nitrogen and oxygen atoms in total. The van der Waals surface area contributed by atoms with Crippen molar-refractivity contribution >= 4 is 5.91 Å². The average Bonchev–Trinajstić information content (AvgIpc) is 2.36. The Balaban J connectivity index is 2.38. The molecular formula is C13H21N3O. The van der Waals surface area contributed by atoms with Crippen LogP contribution in [0.5, 0.6) is 0 Å². The summed E-state index contributed by atoms with van der Waals surface area (Å²) in [6, 6.07) is 9.62. The predicted octanol–water partition coefficient (Wildman–Crippen LogP) is 0.658. The minimum absolute atomic E-state index is 0.0331. The van der Waals surface area contributed by atoms with Crippen LogP contribution in [0.1, 0.15) is 18.5 Å². The van der Waals surface area contributed by atoms with E-state index in [1.165, 1.54) is 0 Å². The summed E-state index contributed by atoms with van der Waals surface area (Å²) >= 11 is 0. The summed E-state index contributed by atoms with van der Waals surface area (Å²) in [7, 11) is 1.83. The fourth-order valence-corrected chi connectivity index (χ4v) is 1.60. The number of amides is 1. The number of nitrogens with two attached hydrogens (primary N) is 1. The van der Waals surface area contributed by atoms with Crippen molar-refractivity contribution in [3.63, 3.8) is 0 Å². The van der Waals surface area contributed by atoms with E-state index in [0.717, 1.165) is 5.56 Å². The molecule has 0 fully saturated rings. The van der Waals surface area contributed by atoms with E-state index >= 15 is 0 Å². The van der Waals surface area contributed by atoms with Crippen LogP contribution in [0.3, 0.4) is 0 Å². The van der Waals surface area contributed by atoms with E-state index < -0.39 is 0 Å². The van der Waals surface area contributed by atoms with E-state index in [9.17, 15) is 4.79 Å². The zero-order chi connectivity index (χ0) is 12.7. The first-order valence-corrected chi connectivity index (χ1v) is 5.88. The van der Waals surface area contributed by atoms with Crippen molar-refractivity contribution in [1.29, 1.82) is 0 Å². The van der Waals surface area contributed by atoms with Crippen LogP contribution >= 0.6 is 0 Å². The molecule has 94 valence electrons. The van der Waals surface area contributed by atoms with Gasteiger partial charge in [-0.15, -0.1) is 0 Å². The maximum Gasteiger partial charge on any atom is 0.224 e. The van der Waals surface area contributed by atoms with Crippen LogP contribution in [0, 0.1) is 5.92 Å². The van der Waals surface area contributed by atoms with E-state index in [4.69, 9.17) is 5.73 Å². The van der Waals surface area contributed by atoms with E-state index in [2.05, 4.69) is 10.6 Å². The maximum atomic E-state index is 11.7. The van der Waals surface area contributed by atoms with Crippen molar-refractivity contribution in [2.24, 2.45) is 11.7 Å². The Labute approximate surface area is 103 Å². The average molecular weight is 235 g/mol. The molecule has 17 heavy (non-hydrogen) atoms. The van der Waals surface area contributed by atoms with Gasteiger partial charge in [-0.1, -0.05) is 37.3 Å². The molecule has 0 bridgehead atoms. The SMILES string of the molecule is CNCC(C)C(=O)NCC(N)c1ccccc1. The van der Waals surface area contributed by atoms with Gasteiger partial charge in [0.1, 0.15) is 0 Å². The van der Waals surface area contributed by atoms with E-state index in [1.54, 1.807) is 0 Å². The van der Waals surface area contributed by atoms with Crippen molar-refractivity contribution in [2.75, 3.05) is 20.1 Å². The molecule has 0 aliphatic heterocycles. The Morgan fingerprint density at radius 2 is 1.94 bits per heavy atom. The molecule has 4 heteroatoms. The zero-order valence-electron chi connectivity index (χ0n) is 10.4. The smallest absolute Gasteiger partial charge is 0.224 e. The van der Waals surface area contributed by atoms with Crippen LogP contribution in [0.15, 0.2) is 30.3 Å². The summed E-state index contributed by atoms with van der Waals surface area (Å²) in [4.78, 5) is 11.7. The first-order chi connectivity index (χ1) is 8.15. The Kier molecular flexibility index (Phi) is 5.66. The molecular weight excluding hydrogens is 214 g/mol. The fourth-order valence-electron chi connectivity index (χ4n) is 1.60. The number of carbonyl (C=O) groups excluding carboxylic acids is 1. The Morgan fingerprint density at radius 3 is 2.53 bits per heavy atom. The minimum Gasteiger partial charge on any atom is -0.354 e. The van der Waals surface area contributed by atoms with Crippen molar-refractivity contribution in [3.05, 3.63) is 35.9 Å². The molecule has 0 aliphatic rings. The summed E-state index contributed by atoms with van der Waals surface area (Å²) in [5, 5.41) is 5.84. The molecule has 2 unspecified atom stereocenters. The number of hydrogen-bond donors (Lipinski definition) is 3. The molecule has 0 radical (unpaired) electrons. The Bertz CT molecular complexity index is 340. The first kappa shape index (κ1) is 13.7. The lowest BCUT2D eigenvalue weighted by Gasteiger charge is -2.15. The second-order valence-corrected chi connectivity index (χ2v) is 4.22. The monoisotopic (exact) mass is 235 g/mol. The van der Waals surface area contributed by atoms with Crippen LogP contribution in [0.25, 0.3) is 0 Å². The third-order valence-electron chi connectivity index (χ3n) is 2.68. The predicted molar refractivity (Wildman–Crippen MR) is 69.5 cm³/mol. The van der Waals surface area contributed by atoms with Gasteiger partial charge in [-0.05, 0) is 12.6 Å². The third-order valence-corrected chi connectivity index (χ3v) is 2.68. The molecule has 4 N–H and O–H groups in total. The number of rotatable bonds is 6. The second-order valence-electron chi connectivity index (χ2n) is 4.22. The minimum atomic E-state index is -0.151. The van der Waals surface area contributed by atoms with Gasteiger partial charge < -0.3 is 16.4 Å². The van der Waals surface area contributed by atoms with Gasteiger partial charge in [-0.25, -0.2) is 0 Å². The van der Waals surface area contributed by atoms with Gasteiger partial charge in [0.2, 0.25) is 5.91 Å². The third kappa shape index (κ3) is 4.54. The number of benzene rings is 1. The van der Waals surface area contributed by atoms with Crippen LogP contribution < -0.4 is 16.4 Å². The highest BCUT2D eigenvalue weighted by molar-refractivity contribution is 5.78. The summed E-state index contributed by atoms with van der Waals surface area (Å²) in [5.74, 6) is -0.00583.